The Bertz CT molecular complexity index is 1270. The second kappa shape index (κ2) is 6.95. The Hall–Kier alpha value is -4.01. The summed E-state index contributed by atoms with van der Waals surface area (Å²) in [5.41, 5.74) is 0.963. The van der Waals surface area contributed by atoms with Crippen molar-refractivity contribution in [2.45, 2.75) is 6.92 Å². The quantitative estimate of drug-likeness (QED) is 0.499. The molecule has 3 aromatic heterocycles. The molecule has 0 saturated heterocycles. The Morgan fingerprint density at radius 3 is 2.75 bits per heavy atom. The molecule has 140 valence electrons. The highest BCUT2D eigenvalue weighted by Crippen LogP contribution is 2.21. The minimum Gasteiger partial charge on any atom is -0.352 e. The number of H-pyrrole nitrogens is 1. The second-order valence-electron chi connectivity index (χ2n) is 6.03. The summed E-state index contributed by atoms with van der Waals surface area (Å²) in [6.07, 6.45) is 1.51. The number of nitrogens with zero attached hydrogens (tertiary/aromatic N) is 3. The fourth-order valence-electron chi connectivity index (χ4n) is 2.98. The first-order valence-electron chi connectivity index (χ1n) is 8.63. The molecular weight excluding hydrogens is 360 g/mol. The van der Waals surface area contributed by atoms with Gasteiger partial charge in [0.25, 0.3) is 11.8 Å². The van der Waals surface area contributed by atoms with Crippen LogP contribution in [0.1, 0.15) is 27.6 Å². The predicted octanol–water partition coefficient (Wildman–Crippen LogP) is 1.57. The van der Waals surface area contributed by atoms with Gasteiger partial charge in [0.1, 0.15) is 5.82 Å². The third kappa shape index (κ3) is 2.98. The highest BCUT2D eigenvalue weighted by Gasteiger charge is 2.17. The Labute approximate surface area is 158 Å². The zero-order chi connectivity index (χ0) is 19.7. The van der Waals surface area contributed by atoms with Crippen LogP contribution in [0.5, 0.6) is 0 Å². The maximum atomic E-state index is 12.8. The molecule has 1 aromatic carbocycles. The van der Waals surface area contributed by atoms with Crippen molar-refractivity contribution < 1.29 is 9.59 Å². The first-order valence-corrected chi connectivity index (χ1v) is 8.63. The molecule has 3 heterocycles. The monoisotopic (exact) mass is 376 g/mol. The Balaban J connectivity index is 1.76. The number of hydrogen-bond acceptors (Lipinski definition) is 5. The number of carbonyl (C=O) groups excluding carboxylic acids is 2. The van der Waals surface area contributed by atoms with Crippen molar-refractivity contribution in [1.29, 1.82) is 0 Å². The number of nitrogens with one attached hydrogen (secondary N) is 3. The van der Waals surface area contributed by atoms with Gasteiger partial charge < -0.3 is 10.6 Å². The highest BCUT2D eigenvalue weighted by atomic mass is 16.2. The van der Waals surface area contributed by atoms with Crippen molar-refractivity contribution in [2.24, 2.45) is 0 Å². The van der Waals surface area contributed by atoms with Crippen LogP contribution in [0.4, 0.5) is 5.82 Å². The molecule has 0 unspecified atom stereocenters. The van der Waals surface area contributed by atoms with E-state index in [1.165, 1.54) is 16.7 Å². The fraction of sp³-hybridized carbons (Fsp3) is 0.105. The van der Waals surface area contributed by atoms with Crippen LogP contribution in [-0.2, 0) is 0 Å². The molecule has 0 aliphatic rings. The van der Waals surface area contributed by atoms with Crippen molar-refractivity contribution in [3.05, 3.63) is 70.3 Å². The van der Waals surface area contributed by atoms with E-state index in [0.29, 0.717) is 23.0 Å². The summed E-state index contributed by atoms with van der Waals surface area (Å²) in [7, 11) is 0. The lowest BCUT2D eigenvalue weighted by Gasteiger charge is -2.10. The van der Waals surface area contributed by atoms with Crippen LogP contribution in [0.15, 0.2) is 53.5 Å². The summed E-state index contributed by atoms with van der Waals surface area (Å²) in [6.45, 7) is 2.31. The molecule has 2 amide bonds. The zero-order valence-electron chi connectivity index (χ0n) is 14.9. The lowest BCUT2D eigenvalue weighted by atomic mass is 10.1. The van der Waals surface area contributed by atoms with Gasteiger partial charge in [-0.2, -0.15) is 5.10 Å². The number of hydrogen-bond donors (Lipinski definition) is 3. The van der Waals surface area contributed by atoms with Crippen LogP contribution in [0.3, 0.4) is 0 Å². The number of rotatable bonds is 4. The van der Waals surface area contributed by atoms with Gasteiger partial charge in [0, 0.05) is 18.1 Å². The van der Waals surface area contributed by atoms with Gasteiger partial charge in [0.05, 0.1) is 16.6 Å². The molecule has 0 spiro atoms. The van der Waals surface area contributed by atoms with Crippen molar-refractivity contribution in [3.63, 3.8) is 0 Å². The number of aromatic nitrogens is 4. The van der Waals surface area contributed by atoms with Gasteiger partial charge in [0.15, 0.2) is 5.65 Å². The number of benzene rings is 1. The molecule has 0 bridgehead atoms. The van der Waals surface area contributed by atoms with Crippen LogP contribution in [-0.4, -0.2) is 37.9 Å². The third-order valence-corrected chi connectivity index (χ3v) is 4.23. The molecule has 9 nitrogen and oxygen atoms in total. The standard InChI is InChI=1S/C19H16N6O3/c1-2-20-17(26)13-10-15(21-14-8-4-3-6-11(13)14)22-18(27)12-7-5-9-25-16(12)23-24-19(25)28/h3-10H,2H2,1H3,(H,20,26)(H,24,28)(H,21,22,27). The van der Waals surface area contributed by atoms with Crippen molar-refractivity contribution in [3.8, 4) is 0 Å². The summed E-state index contributed by atoms with van der Waals surface area (Å²) in [5.74, 6) is -0.517. The van der Waals surface area contributed by atoms with Crippen molar-refractivity contribution >= 4 is 34.2 Å². The molecule has 0 fully saturated rings. The molecule has 9 heteroatoms. The van der Waals surface area contributed by atoms with Gasteiger partial charge in [-0.05, 0) is 31.2 Å². The molecule has 0 aliphatic heterocycles. The van der Waals surface area contributed by atoms with Crippen LogP contribution < -0.4 is 16.3 Å². The van der Waals surface area contributed by atoms with E-state index in [9.17, 15) is 14.4 Å². The number of fused-ring (bicyclic) bond motifs is 2. The largest absolute Gasteiger partial charge is 0.352 e. The molecule has 3 N–H and O–H groups in total. The minimum atomic E-state index is -0.491. The molecule has 0 aliphatic carbocycles. The number of pyridine rings is 2. The van der Waals surface area contributed by atoms with Gasteiger partial charge in [0.2, 0.25) is 0 Å². The van der Waals surface area contributed by atoms with Crippen LogP contribution in [0, 0.1) is 0 Å². The topological polar surface area (TPSA) is 121 Å². The smallest absolute Gasteiger partial charge is 0.347 e. The van der Waals surface area contributed by atoms with E-state index >= 15 is 0 Å². The Kier molecular flexibility index (Phi) is 4.32. The maximum absolute atomic E-state index is 12.8. The van der Waals surface area contributed by atoms with E-state index < -0.39 is 11.6 Å². The first kappa shape index (κ1) is 17.4. The van der Waals surface area contributed by atoms with Gasteiger partial charge in [-0.25, -0.2) is 19.3 Å². The van der Waals surface area contributed by atoms with E-state index in [1.807, 2.05) is 13.0 Å². The Morgan fingerprint density at radius 1 is 1.11 bits per heavy atom. The number of aromatic amines is 1. The first-order chi connectivity index (χ1) is 13.6. The minimum absolute atomic E-state index is 0.203. The average molecular weight is 376 g/mol. The molecule has 0 atom stereocenters. The summed E-state index contributed by atoms with van der Waals surface area (Å²) in [6, 6.07) is 11.9. The summed E-state index contributed by atoms with van der Waals surface area (Å²) in [4.78, 5) is 41.3. The van der Waals surface area contributed by atoms with Crippen LogP contribution in [0.25, 0.3) is 16.6 Å². The number of carbonyl (C=O) groups is 2. The summed E-state index contributed by atoms with van der Waals surface area (Å²) in [5, 5.41) is 12.3. The number of anilines is 1. The highest BCUT2D eigenvalue weighted by molar-refractivity contribution is 6.10. The number of para-hydroxylation sites is 1. The summed E-state index contributed by atoms with van der Waals surface area (Å²) >= 11 is 0. The van der Waals surface area contributed by atoms with Gasteiger partial charge in [-0.1, -0.05) is 18.2 Å². The van der Waals surface area contributed by atoms with Crippen molar-refractivity contribution in [2.75, 3.05) is 11.9 Å². The van der Waals surface area contributed by atoms with Gasteiger partial charge in [-0.3, -0.25) is 9.59 Å². The third-order valence-electron chi connectivity index (χ3n) is 4.23. The van der Waals surface area contributed by atoms with E-state index in [2.05, 4.69) is 25.8 Å². The maximum Gasteiger partial charge on any atom is 0.347 e. The van der Waals surface area contributed by atoms with E-state index in [4.69, 9.17) is 0 Å². The summed E-state index contributed by atoms with van der Waals surface area (Å²) < 4.78 is 1.24. The lowest BCUT2D eigenvalue weighted by Crippen LogP contribution is -2.23. The Morgan fingerprint density at radius 2 is 1.93 bits per heavy atom. The normalized spacial score (nSPS) is 10.9. The fourth-order valence-corrected chi connectivity index (χ4v) is 2.98. The molecule has 4 rings (SSSR count). The lowest BCUT2D eigenvalue weighted by molar-refractivity contribution is 0.0956. The second-order valence-corrected chi connectivity index (χ2v) is 6.03. The van der Waals surface area contributed by atoms with E-state index in [1.54, 1.807) is 30.3 Å². The predicted molar refractivity (Wildman–Crippen MR) is 104 cm³/mol. The van der Waals surface area contributed by atoms with Gasteiger partial charge >= 0.3 is 5.69 Å². The molecule has 4 aromatic rings. The molecular formula is C19H16N6O3. The molecule has 28 heavy (non-hydrogen) atoms. The zero-order valence-corrected chi connectivity index (χ0v) is 14.9. The average Bonchev–Trinajstić information content (AvgIpc) is 3.08. The van der Waals surface area contributed by atoms with E-state index in [-0.39, 0.29) is 22.9 Å². The SMILES string of the molecule is CCNC(=O)c1cc(NC(=O)c2cccn3c(=O)[nH]nc23)nc2ccccc12. The van der Waals surface area contributed by atoms with E-state index in [0.717, 1.165) is 0 Å². The number of amides is 2. The van der Waals surface area contributed by atoms with Crippen LogP contribution in [0.2, 0.25) is 0 Å². The van der Waals surface area contributed by atoms with Gasteiger partial charge in [-0.15, -0.1) is 0 Å². The molecule has 0 saturated carbocycles. The molecule has 0 radical (unpaired) electrons. The van der Waals surface area contributed by atoms with Crippen LogP contribution >= 0.6 is 0 Å². The van der Waals surface area contributed by atoms with Crippen molar-refractivity contribution in [1.82, 2.24) is 24.9 Å².